The Bertz CT molecular complexity index is 148. The fraction of sp³-hybridized carbons (Fsp3) is 1.00. The number of unbranched alkanes of at least 4 members (excludes halogenated alkanes) is 6. The van der Waals surface area contributed by atoms with Gasteiger partial charge in [0.25, 0.3) is 0 Å². The standard InChI is InChI=1S/C13H28O3/c1-3-4-5-6-7-8-9-10-12(15)13(16)11(2)14/h11-16H,3-10H2,1-2H3. The van der Waals surface area contributed by atoms with Crippen molar-refractivity contribution in [2.24, 2.45) is 0 Å². The van der Waals surface area contributed by atoms with E-state index in [0.717, 1.165) is 12.8 Å². The van der Waals surface area contributed by atoms with E-state index >= 15 is 0 Å². The molecule has 0 aliphatic carbocycles. The molecule has 0 rings (SSSR count). The van der Waals surface area contributed by atoms with Gasteiger partial charge in [-0.1, -0.05) is 51.9 Å². The summed E-state index contributed by atoms with van der Waals surface area (Å²) in [6.07, 6.45) is 6.33. The van der Waals surface area contributed by atoms with Gasteiger partial charge in [-0.3, -0.25) is 0 Å². The molecule has 0 aromatic heterocycles. The Balaban J connectivity index is 3.31. The minimum atomic E-state index is -1.000. The Morgan fingerprint density at radius 2 is 1.31 bits per heavy atom. The van der Waals surface area contributed by atoms with Crippen LogP contribution in [0.1, 0.15) is 65.2 Å². The van der Waals surface area contributed by atoms with Crippen LogP contribution in [0.5, 0.6) is 0 Å². The molecule has 0 aliphatic rings. The average molecular weight is 232 g/mol. The number of hydrogen-bond acceptors (Lipinski definition) is 3. The fourth-order valence-electron chi connectivity index (χ4n) is 1.80. The zero-order valence-electron chi connectivity index (χ0n) is 10.7. The summed E-state index contributed by atoms with van der Waals surface area (Å²) in [7, 11) is 0. The summed E-state index contributed by atoms with van der Waals surface area (Å²) < 4.78 is 0. The van der Waals surface area contributed by atoms with Gasteiger partial charge in [0.2, 0.25) is 0 Å². The minimum Gasteiger partial charge on any atom is -0.391 e. The van der Waals surface area contributed by atoms with Crippen molar-refractivity contribution in [1.82, 2.24) is 0 Å². The zero-order valence-corrected chi connectivity index (χ0v) is 10.7. The van der Waals surface area contributed by atoms with Gasteiger partial charge in [-0.15, -0.1) is 0 Å². The van der Waals surface area contributed by atoms with E-state index in [0.29, 0.717) is 6.42 Å². The van der Waals surface area contributed by atoms with E-state index in [-0.39, 0.29) is 0 Å². The van der Waals surface area contributed by atoms with Crippen molar-refractivity contribution in [3.05, 3.63) is 0 Å². The second kappa shape index (κ2) is 10.1. The van der Waals surface area contributed by atoms with Crippen molar-refractivity contribution >= 4 is 0 Å². The number of hydrogen-bond donors (Lipinski definition) is 3. The Kier molecular flexibility index (Phi) is 9.99. The van der Waals surface area contributed by atoms with Gasteiger partial charge in [0.1, 0.15) is 6.10 Å². The summed E-state index contributed by atoms with van der Waals surface area (Å²) in [6, 6.07) is 0. The van der Waals surface area contributed by atoms with Crippen molar-refractivity contribution in [1.29, 1.82) is 0 Å². The number of rotatable bonds is 10. The lowest BCUT2D eigenvalue weighted by Gasteiger charge is -2.19. The number of aliphatic hydroxyl groups is 3. The molecule has 3 atom stereocenters. The summed E-state index contributed by atoms with van der Waals surface area (Å²) in [6.45, 7) is 3.70. The Morgan fingerprint density at radius 1 is 0.812 bits per heavy atom. The third-order valence-corrected chi connectivity index (χ3v) is 2.99. The van der Waals surface area contributed by atoms with Crippen LogP contribution in [0.3, 0.4) is 0 Å². The van der Waals surface area contributed by atoms with Crippen molar-refractivity contribution in [3.63, 3.8) is 0 Å². The van der Waals surface area contributed by atoms with Crippen molar-refractivity contribution in [3.8, 4) is 0 Å². The first-order chi connectivity index (χ1) is 7.59. The van der Waals surface area contributed by atoms with E-state index in [4.69, 9.17) is 5.11 Å². The normalized spacial score (nSPS) is 17.1. The van der Waals surface area contributed by atoms with Crippen LogP contribution in [-0.4, -0.2) is 33.6 Å². The van der Waals surface area contributed by atoms with Gasteiger partial charge in [-0.25, -0.2) is 0 Å². The van der Waals surface area contributed by atoms with Crippen LogP contribution in [0.25, 0.3) is 0 Å². The molecule has 3 heteroatoms. The molecule has 3 N–H and O–H groups in total. The van der Waals surface area contributed by atoms with Crippen LogP contribution in [-0.2, 0) is 0 Å². The maximum absolute atomic E-state index is 9.52. The summed E-state index contributed by atoms with van der Waals surface area (Å²) in [5.74, 6) is 0. The van der Waals surface area contributed by atoms with Crippen LogP contribution in [0.2, 0.25) is 0 Å². The highest BCUT2D eigenvalue weighted by Crippen LogP contribution is 2.12. The van der Waals surface area contributed by atoms with E-state index in [2.05, 4.69) is 6.92 Å². The first-order valence-corrected chi connectivity index (χ1v) is 6.63. The van der Waals surface area contributed by atoms with Crippen molar-refractivity contribution in [2.75, 3.05) is 0 Å². The van der Waals surface area contributed by atoms with Crippen LogP contribution in [0, 0.1) is 0 Å². The predicted molar refractivity (Wildman–Crippen MR) is 66.3 cm³/mol. The Labute approximate surface area is 99.5 Å². The topological polar surface area (TPSA) is 60.7 Å². The third kappa shape index (κ3) is 8.08. The SMILES string of the molecule is CCCCCCCCCC(O)C(O)C(C)O. The van der Waals surface area contributed by atoms with Crippen LogP contribution in [0.4, 0.5) is 0 Å². The van der Waals surface area contributed by atoms with Gasteiger partial charge >= 0.3 is 0 Å². The lowest BCUT2D eigenvalue weighted by molar-refractivity contribution is -0.0550. The quantitative estimate of drug-likeness (QED) is 0.506. The van der Waals surface area contributed by atoms with Crippen LogP contribution < -0.4 is 0 Å². The Morgan fingerprint density at radius 3 is 1.81 bits per heavy atom. The highest BCUT2D eigenvalue weighted by atomic mass is 16.4. The molecule has 16 heavy (non-hydrogen) atoms. The summed E-state index contributed by atoms with van der Waals surface area (Å²) >= 11 is 0. The molecule has 0 radical (unpaired) electrons. The molecule has 0 heterocycles. The third-order valence-electron chi connectivity index (χ3n) is 2.99. The summed E-state index contributed by atoms with van der Waals surface area (Å²) in [5.41, 5.74) is 0. The Hall–Kier alpha value is -0.120. The molecule has 0 spiro atoms. The smallest absolute Gasteiger partial charge is 0.105 e. The minimum absolute atomic E-state index is 0.583. The highest BCUT2D eigenvalue weighted by Gasteiger charge is 2.20. The van der Waals surface area contributed by atoms with E-state index in [1.165, 1.54) is 39.0 Å². The molecule has 0 aromatic rings. The van der Waals surface area contributed by atoms with Gasteiger partial charge in [0.15, 0.2) is 0 Å². The van der Waals surface area contributed by atoms with E-state index in [1.54, 1.807) is 0 Å². The lowest BCUT2D eigenvalue weighted by Crippen LogP contribution is -2.35. The van der Waals surface area contributed by atoms with Gasteiger partial charge < -0.3 is 15.3 Å². The summed E-state index contributed by atoms with van der Waals surface area (Å²) in [5, 5.41) is 28.0. The average Bonchev–Trinajstić information content (AvgIpc) is 2.26. The first kappa shape index (κ1) is 15.9. The highest BCUT2D eigenvalue weighted by molar-refractivity contribution is 4.71. The molecule has 0 aromatic carbocycles. The van der Waals surface area contributed by atoms with Crippen LogP contribution in [0.15, 0.2) is 0 Å². The van der Waals surface area contributed by atoms with E-state index < -0.39 is 18.3 Å². The maximum atomic E-state index is 9.52. The predicted octanol–water partition coefficient (Wildman–Crippen LogP) is 2.23. The molecule has 3 unspecified atom stereocenters. The molecule has 0 aliphatic heterocycles. The second-order valence-electron chi connectivity index (χ2n) is 4.71. The van der Waals surface area contributed by atoms with Crippen molar-refractivity contribution < 1.29 is 15.3 Å². The van der Waals surface area contributed by atoms with Crippen molar-refractivity contribution in [2.45, 2.75) is 83.5 Å². The van der Waals surface area contributed by atoms with E-state index in [9.17, 15) is 10.2 Å². The lowest BCUT2D eigenvalue weighted by atomic mass is 10.0. The monoisotopic (exact) mass is 232 g/mol. The van der Waals surface area contributed by atoms with Gasteiger partial charge in [0.05, 0.1) is 12.2 Å². The zero-order chi connectivity index (χ0) is 12.4. The molecular formula is C13H28O3. The molecular weight excluding hydrogens is 204 g/mol. The summed E-state index contributed by atoms with van der Waals surface area (Å²) in [4.78, 5) is 0. The molecule has 0 saturated heterocycles. The second-order valence-corrected chi connectivity index (χ2v) is 4.71. The maximum Gasteiger partial charge on any atom is 0.105 e. The van der Waals surface area contributed by atoms with Crippen LogP contribution >= 0.6 is 0 Å². The number of aliphatic hydroxyl groups excluding tert-OH is 3. The molecule has 0 saturated carbocycles. The first-order valence-electron chi connectivity index (χ1n) is 6.63. The molecule has 0 fully saturated rings. The molecule has 0 amide bonds. The van der Waals surface area contributed by atoms with E-state index in [1.807, 2.05) is 0 Å². The molecule has 0 bridgehead atoms. The fourth-order valence-corrected chi connectivity index (χ4v) is 1.80. The largest absolute Gasteiger partial charge is 0.391 e. The van der Waals surface area contributed by atoms with Gasteiger partial charge in [-0.2, -0.15) is 0 Å². The van der Waals surface area contributed by atoms with Gasteiger partial charge in [0, 0.05) is 0 Å². The van der Waals surface area contributed by atoms with Gasteiger partial charge in [-0.05, 0) is 13.3 Å². The molecule has 98 valence electrons. The molecule has 3 nitrogen and oxygen atoms in total.